The second-order valence-corrected chi connectivity index (χ2v) is 4.43. The van der Waals surface area contributed by atoms with E-state index in [1.54, 1.807) is 18.5 Å². The monoisotopic (exact) mass is 250 g/mol. The molecule has 5 nitrogen and oxygen atoms in total. The lowest BCUT2D eigenvalue weighted by Gasteiger charge is -2.12. The van der Waals surface area contributed by atoms with E-state index in [9.17, 15) is 4.79 Å². The molecule has 0 bridgehead atoms. The molecule has 1 saturated heterocycles. The van der Waals surface area contributed by atoms with Gasteiger partial charge in [-0.3, -0.25) is 9.78 Å². The number of ketones is 1. The van der Waals surface area contributed by atoms with Crippen LogP contribution in [-0.4, -0.2) is 36.6 Å². The van der Waals surface area contributed by atoms with Gasteiger partial charge in [0.2, 0.25) is 0 Å². The molecule has 0 radical (unpaired) electrons. The number of Topliss-reactive ketones (excluding diaryl/α,β-unsaturated/α-hetero) is 1. The second kappa shape index (κ2) is 5.93. The van der Waals surface area contributed by atoms with Gasteiger partial charge in [-0.2, -0.15) is 0 Å². The van der Waals surface area contributed by atoms with E-state index in [-0.39, 0.29) is 17.7 Å². The number of aromatic nitrogens is 1. The summed E-state index contributed by atoms with van der Waals surface area (Å²) in [5, 5.41) is 0. The molecule has 2 atom stereocenters. The highest BCUT2D eigenvalue weighted by Gasteiger charge is 2.32. The Hall–Kier alpha value is -1.46. The van der Waals surface area contributed by atoms with Crippen molar-refractivity contribution in [1.29, 1.82) is 0 Å². The summed E-state index contributed by atoms with van der Waals surface area (Å²) in [6, 6.07) is 1.49. The van der Waals surface area contributed by atoms with Crippen molar-refractivity contribution in [3.05, 3.63) is 24.0 Å². The minimum Gasteiger partial charge on any atom is -0.492 e. The molecule has 2 rings (SSSR count). The number of nitrogens with zero attached hydrogens (tertiary/aromatic N) is 1. The van der Waals surface area contributed by atoms with E-state index in [4.69, 9.17) is 15.2 Å². The largest absolute Gasteiger partial charge is 0.492 e. The first-order valence-electron chi connectivity index (χ1n) is 6.17. The van der Waals surface area contributed by atoms with Crippen LogP contribution in [0.5, 0.6) is 5.75 Å². The first-order valence-corrected chi connectivity index (χ1v) is 6.17. The van der Waals surface area contributed by atoms with Crippen LogP contribution in [0.15, 0.2) is 18.5 Å². The maximum atomic E-state index is 12.2. The maximum absolute atomic E-state index is 12.2. The number of carbonyl (C=O) groups excluding carboxylic acids is 1. The maximum Gasteiger partial charge on any atom is 0.171 e. The summed E-state index contributed by atoms with van der Waals surface area (Å²) in [4.78, 5) is 16.3. The smallest absolute Gasteiger partial charge is 0.171 e. The van der Waals surface area contributed by atoms with Crippen LogP contribution >= 0.6 is 0 Å². The zero-order valence-electron chi connectivity index (χ0n) is 10.5. The minimum absolute atomic E-state index is 0.0190. The Bertz CT molecular complexity index is 422. The van der Waals surface area contributed by atoms with E-state index in [2.05, 4.69) is 4.98 Å². The van der Waals surface area contributed by atoms with Gasteiger partial charge in [0.25, 0.3) is 0 Å². The van der Waals surface area contributed by atoms with Gasteiger partial charge in [-0.1, -0.05) is 6.92 Å². The SMILES string of the molecule is CCCOc1cncc(C(=O)C2COCC2N)c1. The standard InChI is InChI=1S/C13H18N2O3/c1-2-3-18-10-4-9(5-15-6-10)13(16)11-7-17-8-12(11)14/h4-6,11-12H,2-3,7-8,14H2,1H3. The van der Waals surface area contributed by atoms with Gasteiger partial charge in [0.1, 0.15) is 5.75 Å². The Morgan fingerprint density at radius 3 is 3.06 bits per heavy atom. The van der Waals surface area contributed by atoms with Gasteiger partial charge in [0.15, 0.2) is 5.78 Å². The number of hydrogen-bond acceptors (Lipinski definition) is 5. The molecule has 0 saturated carbocycles. The Balaban J connectivity index is 2.10. The summed E-state index contributed by atoms with van der Waals surface area (Å²) in [6.07, 6.45) is 4.07. The number of hydrogen-bond donors (Lipinski definition) is 1. The average molecular weight is 250 g/mol. The van der Waals surface area contributed by atoms with Crippen LogP contribution in [0.1, 0.15) is 23.7 Å². The molecule has 1 aromatic rings. The number of carbonyl (C=O) groups is 1. The predicted octanol–water partition coefficient (Wildman–Crippen LogP) is 1.03. The fraction of sp³-hybridized carbons (Fsp3) is 0.538. The van der Waals surface area contributed by atoms with Crippen LogP contribution in [0, 0.1) is 5.92 Å². The minimum atomic E-state index is -0.270. The molecule has 0 aliphatic carbocycles. The Labute approximate surface area is 106 Å². The molecule has 2 N–H and O–H groups in total. The quantitative estimate of drug-likeness (QED) is 0.790. The summed E-state index contributed by atoms with van der Waals surface area (Å²) in [5.41, 5.74) is 6.37. The van der Waals surface area contributed by atoms with Gasteiger partial charge < -0.3 is 15.2 Å². The summed E-state index contributed by atoms with van der Waals surface area (Å²) >= 11 is 0. The van der Waals surface area contributed by atoms with Crippen molar-refractivity contribution in [2.24, 2.45) is 11.7 Å². The molecule has 0 aromatic carbocycles. The zero-order valence-corrected chi connectivity index (χ0v) is 10.5. The highest BCUT2D eigenvalue weighted by atomic mass is 16.5. The first-order chi connectivity index (χ1) is 8.72. The van der Waals surface area contributed by atoms with Gasteiger partial charge in [0.05, 0.1) is 31.9 Å². The van der Waals surface area contributed by atoms with Gasteiger partial charge in [0, 0.05) is 17.8 Å². The molecule has 1 aliphatic heterocycles. The van der Waals surface area contributed by atoms with E-state index in [0.29, 0.717) is 31.1 Å². The van der Waals surface area contributed by atoms with Crippen LogP contribution < -0.4 is 10.5 Å². The average Bonchev–Trinajstić information content (AvgIpc) is 2.82. The number of nitrogens with two attached hydrogens (primary N) is 1. The summed E-state index contributed by atoms with van der Waals surface area (Å²) in [5.74, 6) is 0.331. The van der Waals surface area contributed by atoms with Crippen LogP contribution in [0.4, 0.5) is 0 Å². The van der Waals surface area contributed by atoms with Gasteiger partial charge in [-0.05, 0) is 12.5 Å². The van der Waals surface area contributed by atoms with Gasteiger partial charge in [-0.15, -0.1) is 0 Å². The molecule has 0 spiro atoms. The third-order valence-corrected chi connectivity index (χ3v) is 2.93. The van der Waals surface area contributed by atoms with Crippen molar-refractivity contribution in [3.63, 3.8) is 0 Å². The lowest BCUT2D eigenvalue weighted by molar-refractivity contribution is 0.0895. The van der Waals surface area contributed by atoms with E-state index in [1.165, 1.54) is 0 Å². The number of ether oxygens (including phenoxy) is 2. The lowest BCUT2D eigenvalue weighted by Crippen LogP contribution is -2.34. The van der Waals surface area contributed by atoms with Crippen molar-refractivity contribution >= 4 is 5.78 Å². The van der Waals surface area contributed by atoms with E-state index in [1.807, 2.05) is 6.92 Å². The van der Waals surface area contributed by atoms with E-state index in [0.717, 1.165) is 6.42 Å². The third kappa shape index (κ3) is 2.86. The summed E-state index contributed by atoms with van der Waals surface area (Å²) in [7, 11) is 0. The Morgan fingerprint density at radius 2 is 2.39 bits per heavy atom. The topological polar surface area (TPSA) is 74.4 Å². The molecule has 98 valence electrons. The van der Waals surface area contributed by atoms with Crippen molar-refractivity contribution in [3.8, 4) is 5.75 Å². The number of rotatable bonds is 5. The fourth-order valence-corrected chi connectivity index (χ4v) is 1.91. The Morgan fingerprint density at radius 1 is 1.56 bits per heavy atom. The second-order valence-electron chi connectivity index (χ2n) is 4.43. The first kappa shape index (κ1) is 13.0. The van der Waals surface area contributed by atoms with Crippen LogP contribution in [-0.2, 0) is 4.74 Å². The van der Waals surface area contributed by atoms with Crippen molar-refractivity contribution < 1.29 is 14.3 Å². The van der Waals surface area contributed by atoms with Crippen molar-refractivity contribution in [2.75, 3.05) is 19.8 Å². The molecule has 0 amide bonds. The molecule has 18 heavy (non-hydrogen) atoms. The highest BCUT2D eigenvalue weighted by molar-refractivity contribution is 5.98. The predicted molar refractivity (Wildman–Crippen MR) is 66.6 cm³/mol. The molecular weight excluding hydrogens is 232 g/mol. The number of pyridine rings is 1. The van der Waals surface area contributed by atoms with E-state index < -0.39 is 0 Å². The fourth-order valence-electron chi connectivity index (χ4n) is 1.91. The summed E-state index contributed by atoms with van der Waals surface area (Å²) in [6.45, 7) is 3.47. The summed E-state index contributed by atoms with van der Waals surface area (Å²) < 4.78 is 10.7. The molecular formula is C13H18N2O3. The van der Waals surface area contributed by atoms with Crippen LogP contribution in [0.2, 0.25) is 0 Å². The Kier molecular flexibility index (Phi) is 4.28. The van der Waals surface area contributed by atoms with Gasteiger partial charge >= 0.3 is 0 Å². The lowest BCUT2D eigenvalue weighted by atomic mass is 9.95. The van der Waals surface area contributed by atoms with Crippen molar-refractivity contribution in [1.82, 2.24) is 4.98 Å². The normalized spacial score (nSPS) is 23.0. The molecule has 1 aliphatic rings. The highest BCUT2D eigenvalue weighted by Crippen LogP contribution is 2.20. The zero-order chi connectivity index (χ0) is 13.0. The third-order valence-electron chi connectivity index (χ3n) is 2.93. The molecule has 1 aromatic heterocycles. The van der Waals surface area contributed by atoms with Crippen LogP contribution in [0.25, 0.3) is 0 Å². The van der Waals surface area contributed by atoms with Gasteiger partial charge in [-0.25, -0.2) is 0 Å². The molecule has 2 heterocycles. The van der Waals surface area contributed by atoms with E-state index >= 15 is 0 Å². The molecule has 1 fully saturated rings. The van der Waals surface area contributed by atoms with Crippen molar-refractivity contribution in [2.45, 2.75) is 19.4 Å². The van der Waals surface area contributed by atoms with Crippen LogP contribution in [0.3, 0.4) is 0 Å². The molecule has 5 heteroatoms. The molecule has 2 unspecified atom stereocenters.